The first kappa shape index (κ1) is 10.8. The number of para-hydroxylation sites is 1. The smallest absolute Gasteiger partial charge is 0.0482 e. The van der Waals surface area contributed by atoms with Crippen LogP contribution in [0, 0.1) is 5.92 Å². The van der Waals surface area contributed by atoms with Crippen molar-refractivity contribution in [2.75, 3.05) is 20.6 Å². The highest BCUT2D eigenvalue weighted by atomic mass is 15.1. The van der Waals surface area contributed by atoms with Gasteiger partial charge in [0, 0.05) is 24.3 Å². The van der Waals surface area contributed by atoms with Crippen LogP contribution in [0.5, 0.6) is 0 Å². The molecule has 3 rings (SSSR count). The van der Waals surface area contributed by atoms with Crippen LogP contribution in [0.3, 0.4) is 0 Å². The van der Waals surface area contributed by atoms with Gasteiger partial charge in [-0.25, -0.2) is 0 Å². The summed E-state index contributed by atoms with van der Waals surface area (Å²) in [5.74, 6) is 0.821. The molecule has 2 heterocycles. The quantitative estimate of drug-likeness (QED) is 0.767. The maximum atomic E-state index is 2.50. The van der Waals surface area contributed by atoms with Gasteiger partial charge in [0.15, 0.2) is 0 Å². The van der Waals surface area contributed by atoms with Crippen LogP contribution in [0.2, 0.25) is 0 Å². The maximum Gasteiger partial charge on any atom is 0.0482 e. The molecule has 0 N–H and O–H groups in total. The Morgan fingerprint density at radius 2 is 2.12 bits per heavy atom. The fourth-order valence-corrected chi connectivity index (χ4v) is 3.08. The Kier molecular flexibility index (Phi) is 2.67. The van der Waals surface area contributed by atoms with Crippen molar-refractivity contribution in [3.05, 3.63) is 36.0 Å². The second-order valence-electron chi connectivity index (χ2n) is 5.47. The molecule has 1 aliphatic heterocycles. The van der Waals surface area contributed by atoms with E-state index in [1.54, 1.807) is 0 Å². The zero-order chi connectivity index (χ0) is 11.8. The van der Waals surface area contributed by atoms with Crippen molar-refractivity contribution in [2.45, 2.75) is 19.4 Å². The molecule has 1 aromatic heterocycles. The zero-order valence-electron chi connectivity index (χ0n) is 10.7. The predicted molar refractivity (Wildman–Crippen MR) is 72.3 cm³/mol. The van der Waals surface area contributed by atoms with Crippen molar-refractivity contribution in [3.8, 4) is 0 Å². The van der Waals surface area contributed by atoms with Gasteiger partial charge in [-0.2, -0.15) is 0 Å². The summed E-state index contributed by atoms with van der Waals surface area (Å²) in [5, 5.41) is 1.40. The summed E-state index contributed by atoms with van der Waals surface area (Å²) in [5.41, 5.74) is 2.93. The molecular weight excluding hydrogens is 208 g/mol. The Hall–Kier alpha value is -1.28. The van der Waals surface area contributed by atoms with Gasteiger partial charge < -0.3 is 9.47 Å². The molecule has 0 fully saturated rings. The lowest BCUT2D eigenvalue weighted by Gasteiger charge is -2.27. The van der Waals surface area contributed by atoms with Crippen LogP contribution in [0.4, 0.5) is 0 Å². The molecule has 2 aromatic rings. The van der Waals surface area contributed by atoms with Crippen LogP contribution in [0.15, 0.2) is 30.3 Å². The van der Waals surface area contributed by atoms with Crippen LogP contribution in [-0.2, 0) is 13.0 Å². The maximum absolute atomic E-state index is 2.50. The van der Waals surface area contributed by atoms with Gasteiger partial charge in [-0.1, -0.05) is 18.2 Å². The summed E-state index contributed by atoms with van der Waals surface area (Å²) in [6.07, 6.45) is 2.54. The van der Waals surface area contributed by atoms with E-state index in [1.165, 1.54) is 42.5 Å². The average Bonchev–Trinajstić information content (AvgIpc) is 2.65. The summed E-state index contributed by atoms with van der Waals surface area (Å²) in [4.78, 5) is 2.31. The van der Waals surface area contributed by atoms with E-state index in [0.29, 0.717) is 0 Å². The van der Waals surface area contributed by atoms with Crippen LogP contribution in [-0.4, -0.2) is 30.1 Å². The summed E-state index contributed by atoms with van der Waals surface area (Å²) in [6.45, 7) is 2.39. The summed E-state index contributed by atoms with van der Waals surface area (Å²) >= 11 is 0. The number of aromatic nitrogens is 1. The van der Waals surface area contributed by atoms with Gasteiger partial charge in [-0.3, -0.25) is 0 Å². The fourth-order valence-electron chi connectivity index (χ4n) is 3.08. The predicted octanol–water partition coefficient (Wildman–Crippen LogP) is 2.77. The number of fused-ring (bicyclic) bond motifs is 3. The Labute approximate surface area is 103 Å². The molecule has 0 spiro atoms. The van der Waals surface area contributed by atoms with Crippen molar-refractivity contribution in [1.29, 1.82) is 0 Å². The molecule has 0 radical (unpaired) electrons. The highest BCUT2D eigenvalue weighted by Crippen LogP contribution is 2.28. The first-order valence-corrected chi connectivity index (χ1v) is 6.46. The van der Waals surface area contributed by atoms with Gasteiger partial charge in [0.1, 0.15) is 0 Å². The highest BCUT2D eigenvalue weighted by Gasteiger charge is 2.20. The number of aryl methyl sites for hydroxylation is 1. The molecule has 0 amide bonds. The van der Waals surface area contributed by atoms with Crippen LogP contribution < -0.4 is 0 Å². The molecule has 2 heteroatoms. The molecule has 1 unspecified atom stereocenters. The summed E-state index contributed by atoms with van der Waals surface area (Å²) < 4.78 is 2.50. The lowest BCUT2D eigenvalue weighted by atomic mass is 9.96. The van der Waals surface area contributed by atoms with Gasteiger partial charge in [0.05, 0.1) is 0 Å². The van der Waals surface area contributed by atoms with E-state index >= 15 is 0 Å². The molecule has 0 bridgehead atoms. The Morgan fingerprint density at radius 3 is 2.94 bits per heavy atom. The van der Waals surface area contributed by atoms with E-state index in [-0.39, 0.29) is 0 Å². The van der Waals surface area contributed by atoms with Crippen molar-refractivity contribution < 1.29 is 0 Å². The van der Waals surface area contributed by atoms with Gasteiger partial charge in [-0.15, -0.1) is 0 Å². The summed E-state index contributed by atoms with van der Waals surface area (Å²) in [6, 6.07) is 11.1. The zero-order valence-corrected chi connectivity index (χ0v) is 10.7. The molecule has 1 aromatic carbocycles. The van der Waals surface area contributed by atoms with E-state index in [9.17, 15) is 0 Å². The molecule has 90 valence electrons. The molecule has 17 heavy (non-hydrogen) atoms. The Balaban J connectivity index is 1.92. The van der Waals surface area contributed by atoms with Crippen molar-refractivity contribution in [1.82, 2.24) is 9.47 Å². The minimum atomic E-state index is 0.821. The van der Waals surface area contributed by atoms with E-state index in [2.05, 4.69) is 53.9 Å². The monoisotopic (exact) mass is 228 g/mol. The van der Waals surface area contributed by atoms with Crippen LogP contribution >= 0.6 is 0 Å². The van der Waals surface area contributed by atoms with Gasteiger partial charge in [0.25, 0.3) is 0 Å². The Morgan fingerprint density at radius 1 is 1.29 bits per heavy atom. The minimum Gasteiger partial charge on any atom is -0.345 e. The number of rotatable bonds is 2. The number of hydrogen-bond donors (Lipinski definition) is 0. The lowest BCUT2D eigenvalue weighted by Crippen LogP contribution is -2.28. The van der Waals surface area contributed by atoms with Crippen LogP contribution in [0.1, 0.15) is 12.1 Å². The van der Waals surface area contributed by atoms with Crippen molar-refractivity contribution in [3.63, 3.8) is 0 Å². The topological polar surface area (TPSA) is 8.17 Å². The SMILES string of the molecule is CN(C)CC1CCn2c(cc3ccccc32)C1. The van der Waals surface area contributed by atoms with E-state index in [4.69, 9.17) is 0 Å². The second kappa shape index (κ2) is 4.19. The molecule has 2 nitrogen and oxygen atoms in total. The third-order valence-electron chi connectivity index (χ3n) is 3.78. The first-order valence-electron chi connectivity index (χ1n) is 6.46. The van der Waals surface area contributed by atoms with Gasteiger partial charge >= 0.3 is 0 Å². The normalized spacial score (nSPS) is 19.8. The second-order valence-corrected chi connectivity index (χ2v) is 5.47. The molecule has 0 aliphatic carbocycles. The minimum absolute atomic E-state index is 0.821. The Bertz CT molecular complexity index is 525. The number of benzene rings is 1. The fraction of sp³-hybridized carbons (Fsp3) is 0.467. The van der Waals surface area contributed by atoms with E-state index in [1.807, 2.05) is 0 Å². The molecular formula is C15H20N2. The molecule has 0 saturated heterocycles. The summed E-state index contributed by atoms with van der Waals surface area (Å²) in [7, 11) is 4.34. The first-order chi connectivity index (χ1) is 8.24. The highest BCUT2D eigenvalue weighted by molar-refractivity contribution is 5.81. The third-order valence-corrected chi connectivity index (χ3v) is 3.78. The average molecular weight is 228 g/mol. The largest absolute Gasteiger partial charge is 0.345 e. The van der Waals surface area contributed by atoms with Gasteiger partial charge in [0.2, 0.25) is 0 Å². The standard InChI is InChI=1S/C15H20N2/c1-16(2)11-12-7-8-17-14(9-12)10-13-5-3-4-6-15(13)17/h3-6,10,12H,7-9,11H2,1-2H3. The van der Waals surface area contributed by atoms with Gasteiger partial charge in [-0.05, 0) is 50.4 Å². The molecule has 1 atom stereocenters. The van der Waals surface area contributed by atoms with E-state index in [0.717, 1.165) is 5.92 Å². The van der Waals surface area contributed by atoms with Crippen LogP contribution in [0.25, 0.3) is 10.9 Å². The third kappa shape index (κ3) is 1.98. The molecule has 0 saturated carbocycles. The van der Waals surface area contributed by atoms with Crippen molar-refractivity contribution >= 4 is 10.9 Å². The number of nitrogens with zero attached hydrogens (tertiary/aromatic N) is 2. The lowest BCUT2D eigenvalue weighted by molar-refractivity contribution is 0.282. The van der Waals surface area contributed by atoms with Crippen molar-refractivity contribution in [2.24, 2.45) is 5.92 Å². The number of hydrogen-bond acceptors (Lipinski definition) is 1. The molecule has 1 aliphatic rings. The van der Waals surface area contributed by atoms with E-state index < -0.39 is 0 Å².